The van der Waals surface area contributed by atoms with Crippen LogP contribution in [-0.4, -0.2) is 45.4 Å². The summed E-state index contributed by atoms with van der Waals surface area (Å²) in [6.45, 7) is 6.17. The third-order valence-corrected chi connectivity index (χ3v) is 6.11. The van der Waals surface area contributed by atoms with Crippen molar-refractivity contribution in [2.75, 3.05) is 35.8 Å². The highest BCUT2D eigenvalue weighted by Crippen LogP contribution is 2.24. The number of carbonyl (C=O) groups excluding carboxylic acids is 1. The highest BCUT2D eigenvalue weighted by atomic mass is 32.2. The fourth-order valence-corrected chi connectivity index (χ4v) is 4.41. The Kier molecular flexibility index (Phi) is 5.18. The Labute approximate surface area is 154 Å². The maximum Gasteiger partial charge on any atom is 0.262 e. The number of nitrogens with zero attached hydrogens (tertiary/aromatic N) is 2. The fourth-order valence-electron chi connectivity index (χ4n) is 3.11. The Bertz CT molecular complexity index is 904. The fraction of sp³-hybridized carbons (Fsp3) is 0.316. The van der Waals surface area contributed by atoms with Gasteiger partial charge in [0, 0.05) is 38.8 Å². The van der Waals surface area contributed by atoms with Gasteiger partial charge in [0.1, 0.15) is 0 Å². The largest absolute Gasteiger partial charge is 0.368 e. The number of benzene rings is 2. The van der Waals surface area contributed by atoms with Gasteiger partial charge in [-0.15, -0.1) is 0 Å². The van der Waals surface area contributed by atoms with Crippen LogP contribution in [0.15, 0.2) is 53.4 Å². The van der Waals surface area contributed by atoms with E-state index in [0.29, 0.717) is 24.3 Å². The van der Waals surface area contributed by atoms with E-state index in [0.717, 1.165) is 18.8 Å². The zero-order valence-corrected chi connectivity index (χ0v) is 15.8. The van der Waals surface area contributed by atoms with Crippen LogP contribution >= 0.6 is 0 Å². The second kappa shape index (κ2) is 7.37. The first kappa shape index (κ1) is 18.3. The number of rotatable bonds is 4. The van der Waals surface area contributed by atoms with E-state index in [4.69, 9.17) is 0 Å². The SMILES string of the molecule is CC(=O)N1CCN(c2cccc(NS(=O)(=O)c3ccccc3C)c2)CC1. The first-order valence-electron chi connectivity index (χ1n) is 8.56. The molecule has 26 heavy (non-hydrogen) atoms. The third-order valence-electron chi connectivity index (χ3n) is 4.57. The Morgan fingerprint density at radius 2 is 1.69 bits per heavy atom. The van der Waals surface area contributed by atoms with Gasteiger partial charge in [-0.1, -0.05) is 24.3 Å². The Hall–Kier alpha value is -2.54. The third kappa shape index (κ3) is 3.99. The van der Waals surface area contributed by atoms with Crippen molar-refractivity contribution < 1.29 is 13.2 Å². The topological polar surface area (TPSA) is 69.7 Å². The van der Waals surface area contributed by atoms with E-state index in [9.17, 15) is 13.2 Å². The lowest BCUT2D eigenvalue weighted by molar-refractivity contribution is -0.129. The zero-order chi connectivity index (χ0) is 18.7. The molecule has 0 radical (unpaired) electrons. The molecule has 0 aliphatic carbocycles. The van der Waals surface area contributed by atoms with Crippen LogP contribution in [-0.2, 0) is 14.8 Å². The summed E-state index contributed by atoms with van der Waals surface area (Å²) in [6.07, 6.45) is 0. The molecule has 7 heteroatoms. The van der Waals surface area contributed by atoms with Crippen LogP contribution in [0.2, 0.25) is 0 Å². The Balaban J connectivity index is 1.76. The quantitative estimate of drug-likeness (QED) is 0.894. The summed E-state index contributed by atoms with van der Waals surface area (Å²) in [5.74, 6) is 0.0874. The highest BCUT2D eigenvalue weighted by molar-refractivity contribution is 7.92. The molecule has 0 aromatic heterocycles. The second-order valence-electron chi connectivity index (χ2n) is 6.41. The van der Waals surface area contributed by atoms with Gasteiger partial charge in [0.2, 0.25) is 5.91 Å². The minimum absolute atomic E-state index is 0.0874. The lowest BCUT2D eigenvalue weighted by Crippen LogP contribution is -2.48. The molecule has 6 nitrogen and oxygen atoms in total. The molecule has 1 saturated heterocycles. The summed E-state index contributed by atoms with van der Waals surface area (Å²) in [4.78, 5) is 15.7. The predicted octanol–water partition coefficient (Wildman–Crippen LogP) is 2.46. The van der Waals surface area contributed by atoms with Crippen LogP contribution < -0.4 is 9.62 Å². The van der Waals surface area contributed by atoms with Gasteiger partial charge >= 0.3 is 0 Å². The summed E-state index contributed by atoms with van der Waals surface area (Å²) in [6, 6.07) is 14.3. The number of hydrogen-bond donors (Lipinski definition) is 1. The lowest BCUT2D eigenvalue weighted by Gasteiger charge is -2.35. The molecule has 1 amide bonds. The molecule has 1 heterocycles. The van der Waals surface area contributed by atoms with Crippen LogP contribution in [0, 0.1) is 6.92 Å². The molecule has 0 spiro atoms. The van der Waals surface area contributed by atoms with Crippen LogP contribution in [0.25, 0.3) is 0 Å². The molecular formula is C19H23N3O3S. The number of hydrogen-bond acceptors (Lipinski definition) is 4. The summed E-state index contributed by atoms with van der Waals surface area (Å²) in [7, 11) is -3.63. The minimum Gasteiger partial charge on any atom is -0.368 e. The molecule has 138 valence electrons. The molecule has 1 N–H and O–H groups in total. The molecule has 2 aromatic rings. The molecule has 0 saturated carbocycles. The van der Waals surface area contributed by atoms with E-state index >= 15 is 0 Å². The molecule has 2 aromatic carbocycles. The molecule has 3 rings (SSSR count). The van der Waals surface area contributed by atoms with Crippen molar-refractivity contribution in [3.63, 3.8) is 0 Å². The maximum absolute atomic E-state index is 12.7. The van der Waals surface area contributed by atoms with Gasteiger partial charge in [-0.2, -0.15) is 0 Å². The van der Waals surface area contributed by atoms with Crippen molar-refractivity contribution in [1.82, 2.24) is 4.90 Å². The van der Waals surface area contributed by atoms with E-state index < -0.39 is 10.0 Å². The standard InChI is InChI=1S/C19H23N3O3S/c1-15-6-3-4-9-19(15)26(24,25)20-17-7-5-8-18(14-17)22-12-10-21(11-13-22)16(2)23/h3-9,14,20H,10-13H2,1-2H3. The van der Waals surface area contributed by atoms with E-state index in [1.807, 2.05) is 29.2 Å². The summed E-state index contributed by atoms with van der Waals surface area (Å²) < 4.78 is 28.0. The van der Waals surface area contributed by atoms with Crippen LogP contribution in [0.1, 0.15) is 12.5 Å². The number of amides is 1. The summed E-state index contributed by atoms with van der Waals surface area (Å²) in [5.41, 5.74) is 2.18. The normalized spacial score (nSPS) is 15.0. The van der Waals surface area contributed by atoms with Gasteiger partial charge in [-0.05, 0) is 36.8 Å². The zero-order valence-electron chi connectivity index (χ0n) is 15.0. The van der Waals surface area contributed by atoms with E-state index in [1.54, 1.807) is 38.1 Å². The van der Waals surface area contributed by atoms with Crippen molar-refractivity contribution >= 4 is 27.3 Å². The van der Waals surface area contributed by atoms with Crippen LogP contribution in [0.4, 0.5) is 11.4 Å². The van der Waals surface area contributed by atoms with Gasteiger partial charge in [0.25, 0.3) is 10.0 Å². The van der Waals surface area contributed by atoms with Gasteiger partial charge in [0.15, 0.2) is 0 Å². The molecule has 0 bridgehead atoms. The van der Waals surface area contributed by atoms with Crippen molar-refractivity contribution in [1.29, 1.82) is 0 Å². The number of carbonyl (C=O) groups is 1. The smallest absolute Gasteiger partial charge is 0.262 e. The second-order valence-corrected chi connectivity index (χ2v) is 8.07. The molecule has 1 fully saturated rings. The summed E-state index contributed by atoms with van der Waals surface area (Å²) >= 11 is 0. The van der Waals surface area contributed by atoms with Gasteiger partial charge in [-0.3, -0.25) is 9.52 Å². The highest BCUT2D eigenvalue weighted by Gasteiger charge is 2.20. The minimum atomic E-state index is -3.63. The number of aryl methyl sites for hydroxylation is 1. The van der Waals surface area contributed by atoms with Gasteiger partial charge in [-0.25, -0.2) is 8.42 Å². The van der Waals surface area contributed by atoms with Crippen molar-refractivity contribution in [2.24, 2.45) is 0 Å². The molecule has 0 unspecified atom stereocenters. The van der Waals surface area contributed by atoms with Crippen LogP contribution in [0.5, 0.6) is 0 Å². The maximum atomic E-state index is 12.7. The van der Waals surface area contributed by atoms with E-state index in [2.05, 4.69) is 9.62 Å². The number of sulfonamides is 1. The van der Waals surface area contributed by atoms with Crippen molar-refractivity contribution in [3.8, 4) is 0 Å². The number of anilines is 2. The van der Waals surface area contributed by atoms with E-state index in [-0.39, 0.29) is 10.8 Å². The van der Waals surface area contributed by atoms with Gasteiger partial charge < -0.3 is 9.80 Å². The molecular weight excluding hydrogens is 350 g/mol. The van der Waals surface area contributed by atoms with Crippen LogP contribution in [0.3, 0.4) is 0 Å². The first-order valence-corrected chi connectivity index (χ1v) is 10.0. The van der Waals surface area contributed by atoms with E-state index in [1.165, 1.54) is 0 Å². The molecule has 1 aliphatic rings. The average Bonchev–Trinajstić information content (AvgIpc) is 2.62. The molecule has 1 aliphatic heterocycles. The first-order chi connectivity index (χ1) is 12.4. The lowest BCUT2D eigenvalue weighted by atomic mass is 10.2. The average molecular weight is 373 g/mol. The Morgan fingerprint density at radius 3 is 2.35 bits per heavy atom. The molecule has 0 atom stereocenters. The number of piperazine rings is 1. The predicted molar refractivity (Wildman–Crippen MR) is 103 cm³/mol. The number of nitrogens with one attached hydrogen (secondary N) is 1. The monoisotopic (exact) mass is 373 g/mol. The van der Waals surface area contributed by atoms with Gasteiger partial charge in [0.05, 0.1) is 10.6 Å². The Morgan fingerprint density at radius 1 is 1.00 bits per heavy atom. The summed E-state index contributed by atoms with van der Waals surface area (Å²) in [5, 5.41) is 0. The van der Waals surface area contributed by atoms with Crippen molar-refractivity contribution in [3.05, 3.63) is 54.1 Å². The van der Waals surface area contributed by atoms with Crippen molar-refractivity contribution in [2.45, 2.75) is 18.7 Å².